The monoisotopic (exact) mass is 344 g/mol. The molecule has 0 aromatic heterocycles. The lowest BCUT2D eigenvalue weighted by atomic mass is 10.0. The summed E-state index contributed by atoms with van der Waals surface area (Å²) in [4.78, 5) is 39.5. The van der Waals surface area contributed by atoms with E-state index in [1.54, 1.807) is 7.05 Å². The molecule has 2 aliphatic heterocycles. The molecule has 1 unspecified atom stereocenters. The van der Waals surface area contributed by atoms with Crippen molar-refractivity contribution in [1.29, 1.82) is 0 Å². The highest BCUT2D eigenvalue weighted by Gasteiger charge is 2.32. The van der Waals surface area contributed by atoms with Crippen LogP contribution in [0.25, 0.3) is 0 Å². The van der Waals surface area contributed by atoms with Gasteiger partial charge < -0.3 is 15.1 Å². The maximum Gasteiger partial charge on any atom is 0.249 e. The van der Waals surface area contributed by atoms with Crippen molar-refractivity contribution in [2.24, 2.45) is 0 Å². The molecule has 2 fully saturated rings. The summed E-state index contributed by atoms with van der Waals surface area (Å²) in [6.45, 7) is 3.82. The van der Waals surface area contributed by atoms with E-state index in [2.05, 4.69) is 21.6 Å². The highest BCUT2D eigenvalue weighted by atomic mass is 16.2. The van der Waals surface area contributed by atoms with E-state index in [1.165, 1.54) is 4.90 Å². The molecule has 3 rings (SSSR count). The SMILES string of the molecule is CN(C(=O)Cc1cccc(N2CCNCC2)c1)C1CCC(=O)NC1=O. The van der Waals surface area contributed by atoms with E-state index in [0.29, 0.717) is 6.42 Å². The van der Waals surface area contributed by atoms with Crippen LogP contribution in [0.15, 0.2) is 24.3 Å². The molecule has 0 aliphatic carbocycles. The number of imide groups is 1. The van der Waals surface area contributed by atoms with Crippen molar-refractivity contribution in [2.45, 2.75) is 25.3 Å². The van der Waals surface area contributed by atoms with E-state index in [1.807, 2.05) is 18.2 Å². The number of piperazine rings is 1. The number of hydrogen-bond donors (Lipinski definition) is 2. The van der Waals surface area contributed by atoms with E-state index in [4.69, 9.17) is 0 Å². The summed E-state index contributed by atoms with van der Waals surface area (Å²) in [6, 6.07) is 7.43. The minimum atomic E-state index is -0.568. The van der Waals surface area contributed by atoms with Crippen molar-refractivity contribution in [3.8, 4) is 0 Å². The van der Waals surface area contributed by atoms with Crippen LogP contribution in [0.5, 0.6) is 0 Å². The topological polar surface area (TPSA) is 81.8 Å². The molecule has 2 heterocycles. The van der Waals surface area contributed by atoms with Gasteiger partial charge in [-0.05, 0) is 24.1 Å². The van der Waals surface area contributed by atoms with Crippen LogP contribution in [0, 0.1) is 0 Å². The highest BCUT2D eigenvalue weighted by molar-refractivity contribution is 6.01. The predicted octanol–water partition coefficient (Wildman–Crippen LogP) is -0.0977. The van der Waals surface area contributed by atoms with Crippen LogP contribution < -0.4 is 15.5 Å². The fourth-order valence-electron chi connectivity index (χ4n) is 3.31. The first-order valence-corrected chi connectivity index (χ1v) is 8.68. The van der Waals surface area contributed by atoms with E-state index < -0.39 is 6.04 Å². The average molecular weight is 344 g/mol. The van der Waals surface area contributed by atoms with E-state index >= 15 is 0 Å². The Hall–Kier alpha value is -2.41. The van der Waals surface area contributed by atoms with Crippen LogP contribution in [0.4, 0.5) is 5.69 Å². The number of rotatable bonds is 4. The van der Waals surface area contributed by atoms with E-state index in [0.717, 1.165) is 37.4 Å². The van der Waals surface area contributed by atoms with Gasteiger partial charge in [0.05, 0.1) is 6.42 Å². The zero-order valence-electron chi connectivity index (χ0n) is 14.5. The molecule has 2 aliphatic rings. The van der Waals surface area contributed by atoms with E-state index in [9.17, 15) is 14.4 Å². The predicted molar refractivity (Wildman–Crippen MR) is 94.2 cm³/mol. The first-order chi connectivity index (χ1) is 12.0. The number of nitrogens with zero attached hydrogens (tertiary/aromatic N) is 2. The van der Waals surface area contributed by atoms with Crippen molar-refractivity contribution in [2.75, 3.05) is 38.1 Å². The van der Waals surface area contributed by atoms with Crippen molar-refractivity contribution in [3.05, 3.63) is 29.8 Å². The number of amides is 3. The van der Waals surface area contributed by atoms with Crippen molar-refractivity contribution in [1.82, 2.24) is 15.5 Å². The van der Waals surface area contributed by atoms with Gasteiger partial charge >= 0.3 is 0 Å². The number of nitrogens with one attached hydrogen (secondary N) is 2. The lowest BCUT2D eigenvalue weighted by Crippen LogP contribution is -2.53. The van der Waals surface area contributed by atoms with Crippen LogP contribution in [-0.4, -0.2) is 61.9 Å². The summed E-state index contributed by atoms with van der Waals surface area (Å²) in [5, 5.41) is 5.62. The lowest BCUT2D eigenvalue weighted by Gasteiger charge is -2.30. The Morgan fingerprint density at radius 2 is 2.04 bits per heavy atom. The molecule has 1 aromatic rings. The van der Waals surface area contributed by atoms with Gasteiger partial charge in [0.2, 0.25) is 17.7 Å². The Morgan fingerprint density at radius 3 is 2.76 bits per heavy atom. The van der Waals surface area contributed by atoms with Crippen molar-refractivity contribution >= 4 is 23.4 Å². The molecule has 134 valence electrons. The zero-order chi connectivity index (χ0) is 17.8. The van der Waals surface area contributed by atoms with Crippen LogP contribution in [-0.2, 0) is 20.8 Å². The number of anilines is 1. The summed E-state index contributed by atoms with van der Waals surface area (Å²) in [5.74, 6) is -0.778. The van der Waals surface area contributed by atoms with Crippen LogP contribution in [0.2, 0.25) is 0 Å². The molecule has 25 heavy (non-hydrogen) atoms. The zero-order valence-corrected chi connectivity index (χ0v) is 14.5. The number of carbonyl (C=O) groups excluding carboxylic acids is 3. The van der Waals surface area contributed by atoms with Crippen molar-refractivity contribution in [3.63, 3.8) is 0 Å². The van der Waals surface area contributed by atoms with Gasteiger partial charge in [-0.2, -0.15) is 0 Å². The van der Waals surface area contributed by atoms with Gasteiger partial charge in [0, 0.05) is 45.3 Å². The standard InChI is InChI=1S/C18H24N4O3/c1-21(15-5-6-16(23)20-18(15)25)17(24)12-13-3-2-4-14(11-13)22-9-7-19-8-10-22/h2-4,11,15,19H,5-10,12H2,1H3,(H,20,23,25). The molecule has 7 heteroatoms. The van der Waals surface area contributed by atoms with Gasteiger partial charge in [-0.3, -0.25) is 19.7 Å². The smallest absolute Gasteiger partial charge is 0.249 e. The summed E-state index contributed by atoms with van der Waals surface area (Å²) in [5.41, 5.74) is 2.05. The second kappa shape index (κ2) is 7.65. The molecule has 0 radical (unpaired) electrons. The molecular weight excluding hydrogens is 320 g/mol. The Kier molecular flexibility index (Phi) is 5.33. The lowest BCUT2D eigenvalue weighted by molar-refractivity contribution is -0.144. The average Bonchev–Trinajstić information content (AvgIpc) is 2.62. The first-order valence-electron chi connectivity index (χ1n) is 8.68. The molecular formula is C18H24N4O3. The second-order valence-electron chi connectivity index (χ2n) is 6.56. The maximum absolute atomic E-state index is 12.6. The minimum absolute atomic E-state index is 0.119. The molecule has 0 saturated carbocycles. The van der Waals surface area contributed by atoms with Gasteiger partial charge in [-0.1, -0.05) is 12.1 Å². The quantitative estimate of drug-likeness (QED) is 0.746. The van der Waals surface area contributed by atoms with Gasteiger partial charge in [0.25, 0.3) is 0 Å². The first kappa shape index (κ1) is 17.4. The summed E-state index contributed by atoms with van der Waals surface area (Å²) in [7, 11) is 1.63. The minimum Gasteiger partial charge on any atom is -0.369 e. The third kappa shape index (κ3) is 4.17. The third-order valence-corrected chi connectivity index (χ3v) is 4.82. The normalized spacial score (nSPS) is 21.0. The molecule has 1 aromatic carbocycles. The summed E-state index contributed by atoms with van der Waals surface area (Å²) < 4.78 is 0. The molecule has 7 nitrogen and oxygen atoms in total. The number of benzene rings is 1. The molecule has 2 N–H and O–H groups in total. The fraction of sp³-hybridized carbons (Fsp3) is 0.500. The maximum atomic E-state index is 12.6. The summed E-state index contributed by atoms with van der Waals surface area (Å²) in [6.07, 6.45) is 0.897. The highest BCUT2D eigenvalue weighted by Crippen LogP contribution is 2.18. The Balaban J connectivity index is 1.64. The van der Waals surface area contributed by atoms with Crippen LogP contribution in [0.1, 0.15) is 18.4 Å². The molecule has 3 amide bonds. The second-order valence-corrected chi connectivity index (χ2v) is 6.56. The fourth-order valence-corrected chi connectivity index (χ4v) is 3.31. The Labute approximate surface area is 147 Å². The number of likely N-dealkylation sites (N-methyl/N-ethyl adjacent to an activating group) is 1. The Bertz CT molecular complexity index is 670. The molecule has 1 atom stereocenters. The third-order valence-electron chi connectivity index (χ3n) is 4.82. The number of carbonyl (C=O) groups is 3. The van der Waals surface area contributed by atoms with Crippen LogP contribution >= 0.6 is 0 Å². The Morgan fingerprint density at radius 1 is 1.28 bits per heavy atom. The van der Waals surface area contributed by atoms with Gasteiger partial charge in [-0.25, -0.2) is 0 Å². The van der Waals surface area contributed by atoms with Crippen molar-refractivity contribution < 1.29 is 14.4 Å². The van der Waals surface area contributed by atoms with Gasteiger partial charge in [-0.15, -0.1) is 0 Å². The van der Waals surface area contributed by atoms with E-state index in [-0.39, 0.29) is 30.6 Å². The molecule has 0 spiro atoms. The molecule has 0 bridgehead atoms. The van der Waals surface area contributed by atoms with Gasteiger partial charge in [0.15, 0.2) is 0 Å². The largest absolute Gasteiger partial charge is 0.369 e. The number of hydrogen-bond acceptors (Lipinski definition) is 5. The molecule has 2 saturated heterocycles. The summed E-state index contributed by atoms with van der Waals surface area (Å²) >= 11 is 0. The van der Waals surface area contributed by atoms with Crippen LogP contribution in [0.3, 0.4) is 0 Å². The van der Waals surface area contributed by atoms with Gasteiger partial charge in [0.1, 0.15) is 6.04 Å². The number of piperidine rings is 1.